The van der Waals surface area contributed by atoms with E-state index in [0.29, 0.717) is 31.1 Å². The van der Waals surface area contributed by atoms with E-state index in [9.17, 15) is 9.18 Å². The average molecular weight is 331 g/mol. The Morgan fingerprint density at radius 3 is 3.05 bits per heavy atom. The second-order valence-electron chi connectivity index (χ2n) is 5.43. The summed E-state index contributed by atoms with van der Waals surface area (Å²) >= 11 is 0. The van der Waals surface area contributed by atoms with E-state index in [0.717, 1.165) is 19.6 Å². The van der Waals surface area contributed by atoms with Crippen molar-refractivity contribution in [1.82, 2.24) is 10.6 Å². The van der Waals surface area contributed by atoms with Crippen molar-refractivity contribution in [1.29, 1.82) is 0 Å². The van der Waals surface area contributed by atoms with Crippen LogP contribution in [0.5, 0.6) is 5.75 Å². The van der Waals surface area contributed by atoms with E-state index in [2.05, 4.69) is 10.6 Å². The van der Waals surface area contributed by atoms with Crippen molar-refractivity contribution in [2.75, 3.05) is 26.2 Å². The van der Waals surface area contributed by atoms with Crippen molar-refractivity contribution >= 4 is 18.3 Å². The standard InChI is InChI=1S/C16H23FN2O2.ClH/c17-14-5-1-6-15(10-14)21-9-3-7-16(20)19-12-13-4-2-8-18-11-13;/h1,5-6,10,13,18H,2-4,7-9,11-12H2,(H,19,20);1H. The fourth-order valence-corrected chi connectivity index (χ4v) is 2.42. The van der Waals surface area contributed by atoms with Gasteiger partial charge in [-0.1, -0.05) is 6.07 Å². The summed E-state index contributed by atoms with van der Waals surface area (Å²) < 4.78 is 18.3. The number of halogens is 2. The van der Waals surface area contributed by atoms with Gasteiger partial charge in [0.25, 0.3) is 0 Å². The molecule has 0 radical (unpaired) electrons. The van der Waals surface area contributed by atoms with Crippen LogP contribution in [0.1, 0.15) is 25.7 Å². The number of ether oxygens (including phenoxy) is 1. The molecule has 1 aromatic rings. The van der Waals surface area contributed by atoms with Gasteiger partial charge in [0, 0.05) is 19.0 Å². The summed E-state index contributed by atoms with van der Waals surface area (Å²) in [7, 11) is 0. The summed E-state index contributed by atoms with van der Waals surface area (Å²) in [6.07, 6.45) is 3.43. The van der Waals surface area contributed by atoms with Crippen LogP contribution >= 0.6 is 12.4 Å². The quantitative estimate of drug-likeness (QED) is 0.755. The Morgan fingerprint density at radius 1 is 1.45 bits per heavy atom. The second kappa shape index (κ2) is 10.4. The molecule has 124 valence electrons. The first-order chi connectivity index (χ1) is 10.2. The summed E-state index contributed by atoms with van der Waals surface area (Å²) in [5.74, 6) is 0.796. The number of benzene rings is 1. The third-order valence-corrected chi connectivity index (χ3v) is 3.60. The highest BCUT2D eigenvalue weighted by atomic mass is 35.5. The zero-order valence-electron chi connectivity index (χ0n) is 12.6. The second-order valence-corrected chi connectivity index (χ2v) is 5.43. The summed E-state index contributed by atoms with van der Waals surface area (Å²) in [5.41, 5.74) is 0. The number of nitrogens with one attached hydrogen (secondary N) is 2. The van der Waals surface area contributed by atoms with Gasteiger partial charge in [0.15, 0.2) is 0 Å². The Morgan fingerprint density at radius 2 is 2.32 bits per heavy atom. The van der Waals surface area contributed by atoms with Crippen molar-refractivity contribution < 1.29 is 13.9 Å². The van der Waals surface area contributed by atoms with Crippen molar-refractivity contribution in [3.05, 3.63) is 30.1 Å². The molecule has 22 heavy (non-hydrogen) atoms. The van der Waals surface area contributed by atoms with Gasteiger partial charge in [-0.15, -0.1) is 12.4 Å². The number of hydrogen-bond donors (Lipinski definition) is 2. The Hall–Kier alpha value is -1.33. The lowest BCUT2D eigenvalue weighted by atomic mass is 10.00. The molecule has 1 fully saturated rings. The molecule has 1 unspecified atom stereocenters. The van der Waals surface area contributed by atoms with Crippen molar-refractivity contribution in [3.63, 3.8) is 0 Å². The molecule has 1 atom stereocenters. The molecule has 0 aliphatic carbocycles. The van der Waals surface area contributed by atoms with E-state index in [4.69, 9.17) is 4.74 Å². The predicted octanol–water partition coefficient (Wildman–Crippen LogP) is 2.52. The van der Waals surface area contributed by atoms with E-state index in [1.165, 1.54) is 25.0 Å². The van der Waals surface area contributed by atoms with Gasteiger partial charge in [-0.2, -0.15) is 0 Å². The van der Waals surface area contributed by atoms with Gasteiger partial charge in [-0.05, 0) is 50.4 Å². The summed E-state index contributed by atoms with van der Waals surface area (Å²) in [5, 5.41) is 6.30. The Labute approximate surface area is 137 Å². The van der Waals surface area contributed by atoms with E-state index in [-0.39, 0.29) is 24.1 Å². The Balaban J connectivity index is 0.00000242. The number of rotatable bonds is 7. The molecule has 1 aliphatic heterocycles. The van der Waals surface area contributed by atoms with E-state index >= 15 is 0 Å². The first-order valence-corrected chi connectivity index (χ1v) is 7.60. The number of piperidine rings is 1. The van der Waals surface area contributed by atoms with Crippen LogP contribution in [0.4, 0.5) is 4.39 Å². The average Bonchev–Trinajstić information content (AvgIpc) is 2.51. The summed E-state index contributed by atoms with van der Waals surface area (Å²) in [6.45, 7) is 3.24. The van der Waals surface area contributed by atoms with Gasteiger partial charge >= 0.3 is 0 Å². The van der Waals surface area contributed by atoms with Crippen LogP contribution in [0.25, 0.3) is 0 Å². The first kappa shape index (κ1) is 18.7. The molecule has 2 rings (SSSR count). The maximum Gasteiger partial charge on any atom is 0.220 e. The van der Waals surface area contributed by atoms with Crippen LogP contribution in [0.2, 0.25) is 0 Å². The molecule has 1 saturated heterocycles. The molecule has 1 aromatic carbocycles. The zero-order chi connectivity index (χ0) is 14.9. The summed E-state index contributed by atoms with van der Waals surface area (Å²) in [4.78, 5) is 11.7. The van der Waals surface area contributed by atoms with Crippen molar-refractivity contribution in [3.8, 4) is 5.75 Å². The predicted molar refractivity (Wildman–Crippen MR) is 87.0 cm³/mol. The van der Waals surface area contributed by atoms with Crippen molar-refractivity contribution in [2.45, 2.75) is 25.7 Å². The molecular weight excluding hydrogens is 307 g/mol. The van der Waals surface area contributed by atoms with Crippen molar-refractivity contribution in [2.24, 2.45) is 5.92 Å². The lowest BCUT2D eigenvalue weighted by Gasteiger charge is -2.22. The molecule has 0 spiro atoms. The smallest absolute Gasteiger partial charge is 0.220 e. The fraction of sp³-hybridized carbons (Fsp3) is 0.562. The molecule has 4 nitrogen and oxygen atoms in total. The maximum atomic E-state index is 12.9. The lowest BCUT2D eigenvalue weighted by Crippen LogP contribution is -2.38. The molecule has 0 saturated carbocycles. The lowest BCUT2D eigenvalue weighted by molar-refractivity contribution is -0.121. The fourth-order valence-electron chi connectivity index (χ4n) is 2.42. The minimum atomic E-state index is -0.314. The number of amides is 1. The first-order valence-electron chi connectivity index (χ1n) is 7.60. The summed E-state index contributed by atoms with van der Waals surface area (Å²) in [6, 6.07) is 6.03. The van der Waals surface area contributed by atoms with Crippen LogP contribution in [-0.2, 0) is 4.79 Å². The van der Waals surface area contributed by atoms with Gasteiger partial charge in [0.05, 0.1) is 6.61 Å². The molecule has 0 bridgehead atoms. The normalized spacial score (nSPS) is 17.4. The molecule has 1 aliphatic rings. The maximum absolute atomic E-state index is 12.9. The van der Waals surface area contributed by atoms with Crippen LogP contribution in [0.3, 0.4) is 0 Å². The van der Waals surface area contributed by atoms with E-state index in [1.54, 1.807) is 12.1 Å². The monoisotopic (exact) mass is 330 g/mol. The van der Waals surface area contributed by atoms with Gasteiger partial charge in [-0.25, -0.2) is 4.39 Å². The minimum Gasteiger partial charge on any atom is -0.493 e. The Kier molecular flexibility index (Phi) is 8.85. The minimum absolute atomic E-state index is 0. The third-order valence-electron chi connectivity index (χ3n) is 3.60. The Bertz CT molecular complexity index is 454. The zero-order valence-corrected chi connectivity index (χ0v) is 13.5. The highest BCUT2D eigenvalue weighted by Gasteiger charge is 2.13. The molecule has 1 amide bonds. The van der Waals surface area contributed by atoms with Crippen LogP contribution in [-0.4, -0.2) is 32.1 Å². The highest BCUT2D eigenvalue weighted by molar-refractivity contribution is 5.85. The topological polar surface area (TPSA) is 50.4 Å². The molecule has 6 heteroatoms. The number of carbonyl (C=O) groups is 1. The molecule has 0 aromatic heterocycles. The van der Waals surface area contributed by atoms with Crippen LogP contribution in [0, 0.1) is 11.7 Å². The molecule has 1 heterocycles. The molecular formula is C16H24ClFN2O2. The van der Waals surface area contributed by atoms with Crippen LogP contribution < -0.4 is 15.4 Å². The highest BCUT2D eigenvalue weighted by Crippen LogP contribution is 2.12. The SMILES string of the molecule is Cl.O=C(CCCOc1cccc(F)c1)NCC1CCCNC1. The largest absolute Gasteiger partial charge is 0.493 e. The van der Waals surface area contributed by atoms with E-state index < -0.39 is 0 Å². The number of hydrogen-bond acceptors (Lipinski definition) is 3. The third kappa shape index (κ3) is 7.09. The van der Waals surface area contributed by atoms with Gasteiger partial charge in [-0.3, -0.25) is 4.79 Å². The molecule has 2 N–H and O–H groups in total. The van der Waals surface area contributed by atoms with Crippen LogP contribution in [0.15, 0.2) is 24.3 Å². The van der Waals surface area contributed by atoms with Gasteiger partial charge in [0.2, 0.25) is 5.91 Å². The van der Waals surface area contributed by atoms with Gasteiger partial charge in [0.1, 0.15) is 11.6 Å². The van der Waals surface area contributed by atoms with E-state index in [1.807, 2.05) is 0 Å². The number of carbonyl (C=O) groups excluding carboxylic acids is 1. The van der Waals surface area contributed by atoms with Gasteiger partial charge < -0.3 is 15.4 Å².